The molecule has 0 aromatic heterocycles. The molecule has 0 saturated carbocycles. The molecule has 1 rings (SSSR count). The maximum Gasteiger partial charge on any atom is 0.123 e. The summed E-state index contributed by atoms with van der Waals surface area (Å²) in [5, 5.41) is 13.5. The summed E-state index contributed by atoms with van der Waals surface area (Å²) in [7, 11) is 0. The van der Waals surface area contributed by atoms with Gasteiger partial charge in [0, 0.05) is 12.6 Å². The second-order valence-corrected chi connectivity index (χ2v) is 6.21. The highest BCUT2D eigenvalue weighted by molar-refractivity contribution is 5.17. The van der Waals surface area contributed by atoms with Gasteiger partial charge in [0.25, 0.3) is 0 Å². The molecule has 0 aliphatic rings. The van der Waals surface area contributed by atoms with Crippen LogP contribution >= 0.6 is 0 Å². The van der Waals surface area contributed by atoms with Crippen LogP contribution in [0.1, 0.15) is 39.7 Å². The van der Waals surface area contributed by atoms with Gasteiger partial charge in [-0.2, -0.15) is 0 Å². The van der Waals surface area contributed by atoms with Crippen LogP contribution in [0, 0.1) is 11.7 Å². The lowest BCUT2D eigenvalue weighted by atomic mass is 9.94. The number of halogens is 1. The molecule has 2 unspecified atom stereocenters. The van der Waals surface area contributed by atoms with Crippen molar-refractivity contribution in [1.29, 1.82) is 0 Å². The Morgan fingerprint density at radius 3 is 2.58 bits per heavy atom. The zero-order valence-corrected chi connectivity index (χ0v) is 12.4. The van der Waals surface area contributed by atoms with Gasteiger partial charge in [-0.15, -0.1) is 0 Å². The van der Waals surface area contributed by atoms with Crippen molar-refractivity contribution in [2.75, 3.05) is 6.54 Å². The Bertz CT molecular complexity index is 390. The van der Waals surface area contributed by atoms with Crippen molar-refractivity contribution in [1.82, 2.24) is 5.32 Å². The third-order valence-corrected chi connectivity index (χ3v) is 3.11. The molecule has 2 atom stereocenters. The zero-order valence-electron chi connectivity index (χ0n) is 12.4. The Hall–Kier alpha value is -0.930. The van der Waals surface area contributed by atoms with Crippen LogP contribution in [0.2, 0.25) is 0 Å². The third kappa shape index (κ3) is 6.69. The van der Waals surface area contributed by atoms with Crippen LogP contribution in [-0.2, 0) is 6.42 Å². The summed E-state index contributed by atoms with van der Waals surface area (Å²) in [6.45, 7) is 8.67. The highest BCUT2D eigenvalue weighted by atomic mass is 19.1. The van der Waals surface area contributed by atoms with Gasteiger partial charge in [0.05, 0.1) is 5.60 Å². The minimum Gasteiger partial charge on any atom is -0.389 e. The molecule has 1 aromatic carbocycles. The number of rotatable bonds is 7. The number of hydrogen-bond donors (Lipinski definition) is 2. The predicted molar refractivity (Wildman–Crippen MR) is 77.6 cm³/mol. The van der Waals surface area contributed by atoms with E-state index < -0.39 is 5.60 Å². The van der Waals surface area contributed by atoms with Crippen LogP contribution in [-0.4, -0.2) is 23.3 Å². The molecule has 3 heteroatoms. The molecule has 0 fully saturated rings. The molecule has 2 N–H and O–H groups in total. The Kier molecular flexibility index (Phi) is 5.95. The van der Waals surface area contributed by atoms with Crippen LogP contribution in [0.25, 0.3) is 0 Å². The van der Waals surface area contributed by atoms with Crippen molar-refractivity contribution in [3.8, 4) is 0 Å². The van der Waals surface area contributed by atoms with E-state index in [0.717, 1.165) is 18.4 Å². The van der Waals surface area contributed by atoms with Crippen molar-refractivity contribution < 1.29 is 9.50 Å². The predicted octanol–water partition coefficient (Wildman–Crippen LogP) is 3.14. The smallest absolute Gasteiger partial charge is 0.123 e. The zero-order chi connectivity index (χ0) is 14.5. The normalized spacial score (nSPS) is 16.4. The fourth-order valence-electron chi connectivity index (χ4n) is 2.44. The number of aliphatic hydroxyl groups is 1. The van der Waals surface area contributed by atoms with E-state index in [-0.39, 0.29) is 11.9 Å². The summed E-state index contributed by atoms with van der Waals surface area (Å²) in [4.78, 5) is 0. The molecule has 0 saturated heterocycles. The van der Waals surface area contributed by atoms with E-state index in [2.05, 4.69) is 26.1 Å². The lowest BCUT2D eigenvalue weighted by Gasteiger charge is -2.27. The van der Waals surface area contributed by atoms with E-state index in [4.69, 9.17) is 0 Å². The quantitative estimate of drug-likeness (QED) is 0.795. The third-order valence-electron chi connectivity index (χ3n) is 3.11. The Labute approximate surface area is 116 Å². The van der Waals surface area contributed by atoms with Gasteiger partial charge in [-0.25, -0.2) is 4.39 Å². The first-order valence-electron chi connectivity index (χ1n) is 6.99. The highest BCUT2D eigenvalue weighted by Crippen LogP contribution is 2.15. The second kappa shape index (κ2) is 7.01. The van der Waals surface area contributed by atoms with E-state index in [9.17, 15) is 9.50 Å². The Morgan fingerprint density at radius 1 is 1.32 bits per heavy atom. The molecular formula is C16H26FNO. The maximum absolute atomic E-state index is 13.1. The van der Waals surface area contributed by atoms with Gasteiger partial charge < -0.3 is 10.4 Å². The summed E-state index contributed by atoms with van der Waals surface area (Å²) in [5.74, 6) is 0.270. The van der Waals surface area contributed by atoms with E-state index >= 15 is 0 Å². The SMILES string of the molecule is CC(C)CC(C)(O)CNC(C)Cc1cccc(F)c1. The van der Waals surface area contributed by atoms with Crippen LogP contribution < -0.4 is 5.32 Å². The molecular weight excluding hydrogens is 241 g/mol. The highest BCUT2D eigenvalue weighted by Gasteiger charge is 2.22. The Morgan fingerprint density at radius 2 is 2.00 bits per heavy atom. The van der Waals surface area contributed by atoms with Crippen LogP contribution in [0.15, 0.2) is 24.3 Å². The summed E-state index contributed by atoms with van der Waals surface area (Å²) in [5.41, 5.74) is 0.285. The summed E-state index contributed by atoms with van der Waals surface area (Å²) in [6.07, 6.45) is 1.53. The first-order valence-corrected chi connectivity index (χ1v) is 6.99. The molecule has 1 aromatic rings. The van der Waals surface area contributed by atoms with Gasteiger partial charge in [0.2, 0.25) is 0 Å². The molecule has 0 amide bonds. The number of nitrogens with one attached hydrogen (secondary N) is 1. The summed E-state index contributed by atoms with van der Waals surface area (Å²) >= 11 is 0. The molecule has 0 aliphatic heterocycles. The first kappa shape index (κ1) is 16.1. The molecule has 0 heterocycles. The van der Waals surface area contributed by atoms with E-state index in [1.54, 1.807) is 12.1 Å². The molecule has 19 heavy (non-hydrogen) atoms. The summed E-state index contributed by atoms with van der Waals surface area (Å²) in [6, 6.07) is 6.87. The molecule has 0 radical (unpaired) electrons. The molecule has 0 bridgehead atoms. The molecule has 2 nitrogen and oxygen atoms in total. The van der Waals surface area contributed by atoms with Crippen LogP contribution in [0.5, 0.6) is 0 Å². The standard InChI is InChI=1S/C16H26FNO/c1-12(2)10-16(4,19)11-18-13(3)8-14-6-5-7-15(17)9-14/h5-7,9,12-13,18-19H,8,10-11H2,1-4H3. The van der Waals surface area contributed by atoms with Crippen molar-refractivity contribution in [3.05, 3.63) is 35.6 Å². The van der Waals surface area contributed by atoms with Gasteiger partial charge in [-0.3, -0.25) is 0 Å². The van der Waals surface area contributed by atoms with Crippen molar-refractivity contribution >= 4 is 0 Å². The summed E-state index contributed by atoms with van der Waals surface area (Å²) < 4.78 is 13.1. The molecule has 0 aliphatic carbocycles. The van der Waals surface area contributed by atoms with Crippen molar-refractivity contribution in [2.24, 2.45) is 5.92 Å². The maximum atomic E-state index is 13.1. The fourth-order valence-corrected chi connectivity index (χ4v) is 2.44. The number of hydrogen-bond acceptors (Lipinski definition) is 2. The monoisotopic (exact) mass is 267 g/mol. The minimum absolute atomic E-state index is 0.198. The molecule has 0 spiro atoms. The van der Waals surface area contributed by atoms with Crippen molar-refractivity contribution in [2.45, 2.75) is 52.2 Å². The first-order chi connectivity index (χ1) is 8.78. The largest absolute Gasteiger partial charge is 0.389 e. The number of benzene rings is 1. The average Bonchev–Trinajstić information content (AvgIpc) is 2.25. The van der Waals surface area contributed by atoms with Crippen LogP contribution in [0.3, 0.4) is 0 Å². The van der Waals surface area contributed by atoms with Gasteiger partial charge in [-0.1, -0.05) is 26.0 Å². The van der Waals surface area contributed by atoms with Gasteiger partial charge in [0.15, 0.2) is 0 Å². The minimum atomic E-state index is -0.690. The van der Waals surface area contributed by atoms with Gasteiger partial charge in [0.1, 0.15) is 5.82 Å². The fraction of sp³-hybridized carbons (Fsp3) is 0.625. The van der Waals surface area contributed by atoms with E-state index in [1.807, 2.05) is 13.0 Å². The topological polar surface area (TPSA) is 32.3 Å². The van der Waals surface area contributed by atoms with Crippen LogP contribution in [0.4, 0.5) is 4.39 Å². The average molecular weight is 267 g/mol. The second-order valence-electron chi connectivity index (χ2n) is 6.21. The van der Waals surface area contributed by atoms with E-state index in [0.29, 0.717) is 12.5 Å². The van der Waals surface area contributed by atoms with Gasteiger partial charge in [-0.05, 0) is 50.3 Å². The van der Waals surface area contributed by atoms with Gasteiger partial charge >= 0.3 is 0 Å². The lowest BCUT2D eigenvalue weighted by Crippen LogP contribution is -2.43. The van der Waals surface area contributed by atoms with Crippen molar-refractivity contribution in [3.63, 3.8) is 0 Å². The Balaban J connectivity index is 2.41. The molecule has 108 valence electrons. The van der Waals surface area contributed by atoms with E-state index in [1.165, 1.54) is 6.07 Å². The lowest BCUT2D eigenvalue weighted by molar-refractivity contribution is 0.0364.